The van der Waals surface area contributed by atoms with Crippen LogP contribution in [0.5, 0.6) is 0 Å². The molecule has 0 radical (unpaired) electrons. The average Bonchev–Trinajstić information content (AvgIpc) is 2.87. The van der Waals surface area contributed by atoms with Crippen LogP contribution < -0.4 is 10.2 Å². The van der Waals surface area contributed by atoms with Gasteiger partial charge in [-0.2, -0.15) is 0 Å². The van der Waals surface area contributed by atoms with Gasteiger partial charge < -0.3 is 15.1 Å². The summed E-state index contributed by atoms with van der Waals surface area (Å²) in [5, 5.41) is 3.67. The zero-order valence-corrected chi connectivity index (χ0v) is 21.6. The first-order valence-corrected chi connectivity index (χ1v) is 13.0. The number of halogens is 2. The fraction of sp³-hybridized carbons (Fsp3) is 0.308. The normalized spacial score (nSPS) is 16.5. The lowest BCUT2D eigenvalue weighted by atomic mass is 10.1. The third-order valence-electron chi connectivity index (χ3n) is 5.95. The summed E-state index contributed by atoms with van der Waals surface area (Å²) < 4.78 is 13.6. The molecule has 1 aliphatic rings. The standard InChI is InChI=1S/C26H27ClFN5O2S/c1-17-15-32(11-12-33(17)25(35)20-9-6-10-21(28)13-20)23-14-22(27)30-26(31-23)36-16-24(34)29-18(2)19-7-4-3-5-8-19/h3-10,13-14,17-18H,11-12,15-16H2,1-2H3,(H,29,34). The van der Waals surface area contributed by atoms with Gasteiger partial charge in [-0.25, -0.2) is 14.4 Å². The maximum Gasteiger partial charge on any atom is 0.254 e. The number of aromatic nitrogens is 2. The third kappa shape index (κ3) is 6.53. The van der Waals surface area contributed by atoms with Crippen LogP contribution in [0.25, 0.3) is 0 Å². The number of benzene rings is 2. The number of hydrogen-bond acceptors (Lipinski definition) is 6. The van der Waals surface area contributed by atoms with Gasteiger partial charge in [-0.05, 0) is 37.6 Å². The van der Waals surface area contributed by atoms with E-state index in [9.17, 15) is 14.0 Å². The van der Waals surface area contributed by atoms with E-state index in [1.54, 1.807) is 17.0 Å². The fourth-order valence-electron chi connectivity index (χ4n) is 4.11. The van der Waals surface area contributed by atoms with Crippen LogP contribution in [0.15, 0.2) is 65.8 Å². The van der Waals surface area contributed by atoms with E-state index in [4.69, 9.17) is 11.6 Å². The average molecular weight is 528 g/mol. The molecule has 2 heterocycles. The molecular formula is C26H27ClFN5O2S. The maximum absolute atomic E-state index is 13.6. The van der Waals surface area contributed by atoms with Gasteiger partial charge in [-0.1, -0.05) is 59.8 Å². The molecule has 2 amide bonds. The van der Waals surface area contributed by atoms with Crippen molar-refractivity contribution < 1.29 is 14.0 Å². The van der Waals surface area contributed by atoms with Crippen LogP contribution in [0.4, 0.5) is 10.2 Å². The highest BCUT2D eigenvalue weighted by atomic mass is 35.5. The SMILES string of the molecule is CC(NC(=O)CSc1nc(Cl)cc(N2CCN(C(=O)c3cccc(F)c3)C(C)C2)n1)c1ccccc1. The van der Waals surface area contributed by atoms with Crippen LogP contribution in [0.2, 0.25) is 5.15 Å². The number of nitrogens with one attached hydrogen (secondary N) is 1. The quantitative estimate of drug-likeness (QED) is 0.275. The van der Waals surface area contributed by atoms with Gasteiger partial charge in [0.05, 0.1) is 11.8 Å². The van der Waals surface area contributed by atoms with E-state index in [0.29, 0.717) is 36.2 Å². The smallest absolute Gasteiger partial charge is 0.254 e. The van der Waals surface area contributed by atoms with Crippen molar-refractivity contribution in [2.75, 3.05) is 30.3 Å². The predicted molar refractivity (Wildman–Crippen MR) is 140 cm³/mol. The minimum Gasteiger partial charge on any atom is -0.353 e. The molecule has 1 aliphatic heterocycles. The molecule has 2 atom stereocenters. The number of hydrogen-bond donors (Lipinski definition) is 1. The Morgan fingerprint density at radius 2 is 1.92 bits per heavy atom. The van der Waals surface area contributed by atoms with Gasteiger partial charge in [0.25, 0.3) is 5.91 Å². The van der Waals surface area contributed by atoms with E-state index in [0.717, 1.165) is 5.56 Å². The van der Waals surface area contributed by atoms with Crippen molar-refractivity contribution in [1.29, 1.82) is 0 Å². The molecule has 7 nitrogen and oxygen atoms in total. The lowest BCUT2D eigenvalue weighted by molar-refractivity contribution is -0.119. The topological polar surface area (TPSA) is 78.4 Å². The molecule has 0 spiro atoms. The zero-order chi connectivity index (χ0) is 25.7. The number of piperazine rings is 1. The van der Waals surface area contributed by atoms with Gasteiger partial charge in [-0.3, -0.25) is 9.59 Å². The highest BCUT2D eigenvalue weighted by Gasteiger charge is 2.29. The number of carbonyl (C=O) groups is 2. The van der Waals surface area contributed by atoms with E-state index in [-0.39, 0.29) is 34.8 Å². The largest absolute Gasteiger partial charge is 0.353 e. The highest BCUT2D eigenvalue weighted by molar-refractivity contribution is 7.99. The number of rotatable bonds is 7. The third-order valence-corrected chi connectivity index (χ3v) is 7.00. The Morgan fingerprint density at radius 3 is 2.64 bits per heavy atom. The number of carbonyl (C=O) groups excluding carboxylic acids is 2. The first-order valence-electron chi connectivity index (χ1n) is 11.6. The van der Waals surface area contributed by atoms with Crippen LogP contribution in [0.1, 0.15) is 35.8 Å². The van der Waals surface area contributed by atoms with E-state index >= 15 is 0 Å². The summed E-state index contributed by atoms with van der Waals surface area (Å²) in [6, 6.07) is 16.9. The van der Waals surface area contributed by atoms with Crippen LogP contribution in [0.3, 0.4) is 0 Å². The first kappa shape index (κ1) is 25.9. The van der Waals surface area contributed by atoms with E-state index in [2.05, 4.69) is 15.3 Å². The van der Waals surface area contributed by atoms with Crippen molar-refractivity contribution >= 4 is 41.0 Å². The molecule has 1 fully saturated rings. The van der Waals surface area contributed by atoms with Gasteiger partial charge >= 0.3 is 0 Å². The number of thioether (sulfide) groups is 1. The van der Waals surface area contributed by atoms with E-state index in [1.165, 1.54) is 30.0 Å². The monoisotopic (exact) mass is 527 g/mol. The minimum absolute atomic E-state index is 0.108. The molecule has 0 bridgehead atoms. The lowest BCUT2D eigenvalue weighted by Crippen LogP contribution is -2.54. The van der Waals surface area contributed by atoms with Crippen molar-refractivity contribution in [3.63, 3.8) is 0 Å². The maximum atomic E-state index is 13.6. The summed E-state index contributed by atoms with van der Waals surface area (Å²) in [6.07, 6.45) is 0. The summed E-state index contributed by atoms with van der Waals surface area (Å²) >= 11 is 7.49. The van der Waals surface area contributed by atoms with E-state index in [1.807, 2.05) is 49.1 Å². The summed E-state index contributed by atoms with van der Waals surface area (Å²) in [5.41, 5.74) is 1.36. The second-order valence-electron chi connectivity index (χ2n) is 8.62. The van der Waals surface area contributed by atoms with Gasteiger partial charge in [0, 0.05) is 37.3 Å². The van der Waals surface area contributed by atoms with Crippen LogP contribution in [-0.2, 0) is 4.79 Å². The Kier molecular flexibility index (Phi) is 8.43. The Balaban J connectivity index is 1.36. The van der Waals surface area contributed by atoms with Gasteiger partial charge in [0.1, 0.15) is 16.8 Å². The zero-order valence-electron chi connectivity index (χ0n) is 20.0. The van der Waals surface area contributed by atoms with Gasteiger partial charge in [-0.15, -0.1) is 0 Å². The molecule has 1 N–H and O–H groups in total. The van der Waals surface area contributed by atoms with Crippen LogP contribution >= 0.6 is 23.4 Å². The van der Waals surface area contributed by atoms with E-state index < -0.39 is 5.82 Å². The molecule has 1 saturated heterocycles. The van der Waals surface area contributed by atoms with Crippen molar-refractivity contribution in [3.8, 4) is 0 Å². The van der Waals surface area contributed by atoms with Crippen molar-refractivity contribution in [2.24, 2.45) is 0 Å². The number of nitrogens with zero attached hydrogens (tertiary/aromatic N) is 4. The van der Waals surface area contributed by atoms with Gasteiger partial charge in [0.15, 0.2) is 5.16 Å². The number of anilines is 1. The van der Waals surface area contributed by atoms with Crippen molar-refractivity contribution in [2.45, 2.75) is 31.1 Å². The van der Waals surface area contributed by atoms with Crippen molar-refractivity contribution in [3.05, 3.63) is 82.8 Å². The van der Waals surface area contributed by atoms with Gasteiger partial charge in [0.2, 0.25) is 5.91 Å². The Hall–Kier alpha value is -3.17. The second-order valence-corrected chi connectivity index (χ2v) is 9.95. The molecular weight excluding hydrogens is 501 g/mol. The molecule has 0 saturated carbocycles. The predicted octanol–water partition coefficient (Wildman–Crippen LogP) is 4.59. The van der Waals surface area contributed by atoms with Crippen LogP contribution in [0, 0.1) is 5.82 Å². The molecule has 2 unspecified atom stereocenters. The summed E-state index contributed by atoms with van der Waals surface area (Å²) in [4.78, 5) is 38.0. The van der Waals surface area contributed by atoms with Crippen LogP contribution in [-0.4, -0.2) is 58.1 Å². The molecule has 4 rings (SSSR count). The minimum atomic E-state index is -0.434. The van der Waals surface area contributed by atoms with Crippen molar-refractivity contribution in [1.82, 2.24) is 20.2 Å². The second kappa shape index (κ2) is 11.7. The fourth-order valence-corrected chi connectivity index (χ4v) is 5.00. The molecule has 10 heteroatoms. The Labute approximate surface area is 219 Å². The number of amides is 2. The highest BCUT2D eigenvalue weighted by Crippen LogP contribution is 2.25. The Morgan fingerprint density at radius 1 is 1.14 bits per heavy atom. The molecule has 36 heavy (non-hydrogen) atoms. The Bertz CT molecular complexity index is 1230. The molecule has 3 aromatic rings. The molecule has 0 aliphatic carbocycles. The molecule has 1 aromatic heterocycles. The summed E-state index contributed by atoms with van der Waals surface area (Å²) in [7, 11) is 0. The molecule has 188 valence electrons. The summed E-state index contributed by atoms with van der Waals surface area (Å²) in [5.74, 6) is 0.0358. The lowest BCUT2D eigenvalue weighted by Gasteiger charge is -2.40. The molecule has 2 aromatic carbocycles. The first-order chi connectivity index (χ1) is 17.3. The summed E-state index contributed by atoms with van der Waals surface area (Å²) in [6.45, 7) is 5.41.